The van der Waals surface area contributed by atoms with E-state index in [2.05, 4.69) is 34.7 Å². The molecule has 0 aliphatic heterocycles. The fraction of sp³-hybridized carbons (Fsp3) is 0.125. The largest absolute Gasteiger partial charge is 0.361 e. The van der Waals surface area contributed by atoms with Crippen LogP contribution in [-0.2, 0) is 11.2 Å². The van der Waals surface area contributed by atoms with Crippen molar-refractivity contribution in [2.75, 3.05) is 6.54 Å². The lowest BCUT2D eigenvalue weighted by Crippen LogP contribution is -2.26. The van der Waals surface area contributed by atoms with Crippen molar-refractivity contribution in [3.63, 3.8) is 0 Å². The number of nitrogens with zero attached hydrogens (tertiary/aromatic N) is 1. The van der Waals surface area contributed by atoms with Crippen molar-refractivity contribution in [1.29, 1.82) is 0 Å². The van der Waals surface area contributed by atoms with Gasteiger partial charge < -0.3 is 10.3 Å². The molecule has 2 aromatic rings. The summed E-state index contributed by atoms with van der Waals surface area (Å²) in [6.45, 7) is 7.46. The van der Waals surface area contributed by atoms with Gasteiger partial charge in [0.1, 0.15) is 0 Å². The van der Waals surface area contributed by atoms with Crippen molar-refractivity contribution < 1.29 is 4.79 Å². The SMILES string of the molecule is C=C/C(=C\N=C)C(=O)NCCc1c[nH]c2ccccc12. The third-order valence-electron chi connectivity index (χ3n) is 3.07. The Hall–Kier alpha value is -2.62. The van der Waals surface area contributed by atoms with Crippen molar-refractivity contribution in [1.82, 2.24) is 10.3 Å². The predicted molar refractivity (Wildman–Crippen MR) is 82.8 cm³/mol. The molecule has 0 fully saturated rings. The van der Waals surface area contributed by atoms with E-state index >= 15 is 0 Å². The highest BCUT2D eigenvalue weighted by Crippen LogP contribution is 2.17. The molecule has 1 heterocycles. The number of benzene rings is 1. The minimum atomic E-state index is -0.188. The number of hydrogen-bond acceptors (Lipinski definition) is 2. The van der Waals surface area contributed by atoms with Gasteiger partial charge in [0.2, 0.25) is 0 Å². The molecule has 1 amide bonds. The third-order valence-corrected chi connectivity index (χ3v) is 3.07. The van der Waals surface area contributed by atoms with Crippen molar-refractivity contribution >= 4 is 23.5 Å². The monoisotopic (exact) mass is 267 g/mol. The molecule has 4 heteroatoms. The number of H-pyrrole nitrogens is 1. The quantitative estimate of drug-likeness (QED) is 0.472. The third kappa shape index (κ3) is 3.03. The van der Waals surface area contributed by atoms with E-state index in [-0.39, 0.29) is 5.91 Å². The van der Waals surface area contributed by atoms with Crippen LogP contribution in [0.4, 0.5) is 0 Å². The fourth-order valence-electron chi connectivity index (χ4n) is 2.05. The lowest BCUT2D eigenvalue weighted by Gasteiger charge is -2.04. The topological polar surface area (TPSA) is 57.2 Å². The van der Waals surface area contributed by atoms with Crippen LogP contribution in [0.2, 0.25) is 0 Å². The Morgan fingerprint density at radius 1 is 1.40 bits per heavy atom. The van der Waals surface area contributed by atoms with E-state index in [1.165, 1.54) is 23.2 Å². The average Bonchev–Trinajstić information content (AvgIpc) is 2.88. The number of para-hydroxylation sites is 1. The summed E-state index contributed by atoms with van der Waals surface area (Å²) in [6.07, 6.45) is 5.61. The van der Waals surface area contributed by atoms with Crippen LogP contribution in [0.3, 0.4) is 0 Å². The summed E-state index contributed by atoms with van der Waals surface area (Å²) in [7, 11) is 0. The molecule has 20 heavy (non-hydrogen) atoms. The van der Waals surface area contributed by atoms with Gasteiger partial charge in [-0.1, -0.05) is 30.9 Å². The Kier molecular flexibility index (Phi) is 4.50. The van der Waals surface area contributed by atoms with Gasteiger partial charge in [-0.3, -0.25) is 9.79 Å². The summed E-state index contributed by atoms with van der Waals surface area (Å²) in [6, 6.07) is 8.10. The zero-order valence-corrected chi connectivity index (χ0v) is 11.2. The first-order chi connectivity index (χ1) is 9.76. The molecule has 2 rings (SSSR count). The summed E-state index contributed by atoms with van der Waals surface area (Å²) in [4.78, 5) is 18.6. The predicted octanol–water partition coefficient (Wildman–Crippen LogP) is 2.60. The summed E-state index contributed by atoms with van der Waals surface area (Å²) in [5.41, 5.74) is 2.71. The van der Waals surface area contributed by atoms with Gasteiger partial charge in [-0.25, -0.2) is 0 Å². The van der Waals surface area contributed by atoms with E-state index in [0.717, 1.165) is 11.9 Å². The Bertz CT molecular complexity index is 667. The minimum absolute atomic E-state index is 0.188. The fourth-order valence-corrected chi connectivity index (χ4v) is 2.05. The summed E-state index contributed by atoms with van der Waals surface area (Å²) in [5.74, 6) is -0.188. The first-order valence-corrected chi connectivity index (χ1v) is 6.38. The van der Waals surface area contributed by atoms with Gasteiger partial charge in [0, 0.05) is 29.8 Å². The first kappa shape index (κ1) is 13.8. The number of aliphatic imine (C=N–C) groups is 1. The molecule has 4 nitrogen and oxygen atoms in total. The zero-order chi connectivity index (χ0) is 14.4. The van der Waals surface area contributed by atoms with Gasteiger partial charge in [0.05, 0.1) is 5.57 Å². The minimum Gasteiger partial charge on any atom is -0.361 e. The normalized spacial score (nSPS) is 11.3. The van der Waals surface area contributed by atoms with Gasteiger partial charge in [-0.15, -0.1) is 0 Å². The van der Waals surface area contributed by atoms with E-state index < -0.39 is 0 Å². The number of rotatable bonds is 6. The molecule has 1 aromatic heterocycles. The Morgan fingerprint density at radius 3 is 2.95 bits per heavy atom. The van der Waals surface area contributed by atoms with Crippen LogP contribution >= 0.6 is 0 Å². The highest BCUT2D eigenvalue weighted by Gasteiger charge is 2.06. The van der Waals surface area contributed by atoms with Crippen LogP contribution < -0.4 is 5.32 Å². The van der Waals surface area contributed by atoms with Crippen LogP contribution in [0.15, 0.2) is 59.9 Å². The van der Waals surface area contributed by atoms with E-state index in [4.69, 9.17) is 0 Å². The van der Waals surface area contributed by atoms with Gasteiger partial charge in [0.25, 0.3) is 5.91 Å². The van der Waals surface area contributed by atoms with Crippen molar-refractivity contribution in [2.24, 2.45) is 4.99 Å². The second-order valence-corrected chi connectivity index (χ2v) is 4.34. The highest BCUT2D eigenvalue weighted by molar-refractivity contribution is 5.96. The Labute approximate surface area is 117 Å². The summed E-state index contributed by atoms with van der Waals surface area (Å²) < 4.78 is 0. The highest BCUT2D eigenvalue weighted by atomic mass is 16.1. The molecule has 2 N–H and O–H groups in total. The van der Waals surface area contributed by atoms with Gasteiger partial charge in [-0.05, 0) is 24.8 Å². The van der Waals surface area contributed by atoms with Crippen LogP contribution in [0, 0.1) is 0 Å². The number of carbonyl (C=O) groups is 1. The molecule has 102 valence electrons. The number of amides is 1. The first-order valence-electron chi connectivity index (χ1n) is 6.38. The number of carbonyl (C=O) groups excluding carboxylic acids is 1. The molecule has 1 aromatic carbocycles. The zero-order valence-electron chi connectivity index (χ0n) is 11.2. The van der Waals surface area contributed by atoms with E-state index in [9.17, 15) is 4.79 Å². The number of nitrogens with one attached hydrogen (secondary N) is 2. The molecule has 0 saturated carbocycles. The van der Waals surface area contributed by atoms with Crippen molar-refractivity contribution in [3.8, 4) is 0 Å². The molecular weight excluding hydrogens is 250 g/mol. The maximum atomic E-state index is 11.8. The second kappa shape index (κ2) is 6.52. The lowest BCUT2D eigenvalue weighted by molar-refractivity contribution is -0.117. The standard InChI is InChI=1S/C16H17N3O/c1-3-12(10-17-2)16(20)18-9-8-13-11-19-15-7-5-4-6-14(13)15/h3-7,10-11,19H,1-2,8-9H2,(H,18,20)/b12-10+. The van der Waals surface area contributed by atoms with Gasteiger partial charge >= 0.3 is 0 Å². The second-order valence-electron chi connectivity index (χ2n) is 4.34. The van der Waals surface area contributed by atoms with Crippen LogP contribution in [0.1, 0.15) is 5.56 Å². The molecule has 0 radical (unpaired) electrons. The van der Waals surface area contributed by atoms with Crippen molar-refractivity contribution in [2.45, 2.75) is 6.42 Å². The number of fused-ring (bicyclic) bond motifs is 1. The van der Waals surface area contributed by atoms with E-state index in [0.29, 0.717) is 12.1 Å². The molecule has 0 bridgehead atoms. The average molecular weight is 267 g/mol. The van der Waals surface area contributed by atoms with Crippen LogP contribution in [0.5, 0.6) is 0 Å². The number of hydrogen-bond donors (Lipinski definition) is 2. The van der Waals surface area contributed by atoms with Gasteiger partial charge in [0.15, 0.2) is 0 Å². The molecule has 0 unspecified atom stereocenters. The summed E-state index contributed by atoms with van der Waals surface area (Å²) in [5, 5.41) is 4.03. The maximum absolute atomic E-state index is 11.8. The van der Waals surface area contributed by atoms with E-state index in [1.54, 1.807) is 0 Å². The van der Waals surface area contributed by atoms with Crippen LogP contribution in [0.25, 0.3) is 10.9 Å². The van der Waals surface area contributed by atoms with Crippen LogP contribution in [-0.4, -0.2) is 24.2 Å². The molecule has 0 saturated heterocycles. The van der Waals surface area contributed by atoms with Crippen molar-refractivity contribution in [3.05, 3.63) is 60.5 Å². The maximum Gasteiger partial charge on any atom is 0.252 e. The summed E-state index contributed by atoms with van der Waals surface area (Å²) >= 11 is 0. The Balaban J connectivity index is 1.96. The van der Waals surface area contributed by atoms with Gasteiger partial charge in [-0.2, -0.15) is 0 Å². The smallest absolute Gasteiger partial charge is 0.252 e. The molecule has 0 spiro atoms. The molecular formula is C16H17N3O. The van der Waals surface area contributed by atoms with E-state index in [1.807, 2.05) is 24.4 Å². The number of aromatic nitrogens is 1. The molecule has 0 aliphatic carbocycles. The molecule has 0 atom stereocenters. The number of aromatic amines is 1. The molecule has 0 aliphatic rings. The lowest BCUT2D eigenvalue weighted by atomic mass is 10.1. The Morgan fingerprint density at radius 2 is 2.20 bits per heavy atom.